The number of anilines is 1. The zero-order chi connectivity index (χ0) is 33.3. The molecule has 0 amide bonds. The summed E-state index contributed by atoms with van der Waals surface area (Å²) in [6.07, 6.45) is 5.48. The van der Waals surface area contributed by atoms with Crippen molar-refractivity contribution in [3.8, 4) is 0 Å². The summed E-state index contributed by atoms with van der Waals surface area (Å²) in [5.41, 5.74) is 19.9. The minimum atomic E-state index is -0.499. The predicted molar refractivity (Wildman–Crippen MR) is 198 cm³/mol. The molecule has 0 bridgehead atoms. The molecular weight excluding hydrogens is 589 g/mol. The van der Waals surface area contributed by atoms with Crippen molar-refractivity contribution in [2.24, 2.45) is 11.7 Å². The van der Waals surface area contributed by atoms with E-state index in [0.717, 1.165) is 83.4 Å². The lowest BCUT2D eigenvalue weighted by Crippen LogP contribution is -2.57. The summed E-state index contributed by atoms with van der Waals surface area (Å²) < 4.78 is 0. The number of piperazine rings is 1. The van der Waals surface area contributed by atoms with Gasteiger partial charge in [-0.1, -0.05) is 91.9 Å². The first-order valence-corrected chi connectivity index (χ1v) is 18.3. The van der Waals surface area contributed by atoms with E-state index < -0.39 is 6.10 Å². The van der Waals surface area contributed by atoms with E-state index >= 15 is 0 Å². The first kappa shape index (κ1) is 33.0. The van der Waals surface area contributed by atoms with Gasteiger partial charge in [0.15, 0.2) is 0 Å². The molecule has 1 saturated heterocycles. The molecule has 2 aliphatic carbocycles. The second-order valence-corrected chi connectivity index (χ2v) is 14.8. The minimum absolute atomic E-state index is 0.126. The number of nitrogens with two attached hydrogens (primary N) is 1. The second kappa shape index (κ2) is 14.2. The maximum Gasteiger partial charge on any atom is 0.0764 e. The van der Waals surface area contributed by atoms with Crippen molar-refractivity contribution < 1.29 is 5.11 Å². The van der Waals surface area contributed by atoms with Crippen LogP contribution in [0.25, 0.3) is 0 Å². The lowest BCUT2D eigenvalue weighted by atomic mass is 9.62. The van der Waals surface area contributed by atoms with E-state index in [1.165, 1.54) is 39.1 Å². The van der Waals surface area contributed by atoms with Crippen LogP contribution in [0.5, 0.6) is 0 Å². The van der Waals surface area contributed by atoms with Crippen molar-refractivity contribution >= 4 is 5.69 Å². The average Bonchev–Trinajstić information content (AvgIpc) is 3.11. The van der Waals surface area contributed by atoms with Gasteiger partial charge in [0.1, 0.15) is 0 Å². The largest absolute Gasteiger partial charge is 0.389 e. The number of benzene rings is 4. The Morgan fingerprint density at radius 2 is 1.48 bits per heavy atom. The molecule has 0 saturated carbocycles. The molecule has 2 unspecified atom stereocenters. The number of nitrogens with zero attached hydrogens (tertiary/aromatic N) is 3. The number of aliphatic hydroxyl groups is 1. The van der Waals surface area contributed by atoms with E-state index in [1.807, 2.05) is 6.92 Å². The Labute approximate surface area is 288 Å². The maximum absolute atomic E-state index is 10.9. The fourth-order valence-corrected chi connectivity index (χ4v) is 9.20. The third-order valence-electron chi connectivity index (χ3n) is 11.8. The van der Waals surface area contributed by atoms with Crippen LogP contribution in [-0.4, -0.2) is 53.7 Å². The number of aryl methyl sites for hydroxylation is 1. The van der Waals surface area contributed by atoms with E-state index in [-0.39, 0.29) is 17.5 Å². The van der Waals surface area contributed by atoms with E-state index in [9.17, 15) is 5.11 Å². The smallest absolute Gasteiger partial charge is 0.0764 e. The zero-order valence-electron chi connectivity index (χ0n) is 29.2. The highest BCUT2D eigenvalue weighted by molar-refractivity contribution is 5.61. The molecule has 1 aliphatic heterocycles. The maximum atomic E-state index is 10.9. The van der Waals surface area contributed by atoms with Crippen molar-refractivity contribution in [2.75, 3.05) is 38.1 Å². The number of hydrogen-bond acceptors (Lipinski definition) is 5. The summed E-state index contributed by atoms with van der Waals surface area (Å²) in [7, 11) is 2.23. The van der Waals surface area contributed by atoms with Crippen LogP contribution in [-0.2, 0) is 38.8 Å². The van der Waals surface area contributed by atoms with Crippen LogP contribution < -0.4 is 10.6 Å². The van der Waals surface area contributed by atoms with Crippen molar-refractivity contribution in [3.05, 3.63) is 136 Å². The molecule has 7 rings (SSSR count). The van der Waals surface area contributed by atoms with Crippen LogP contribution in [0, 0.1) is 5.92 Å². The molecule has 5 nitrogen and oxygen atoms in total. The van der Waals surface area contributed by atoms with E-state index in [2.05, 4.69) is 120 Å². The lowest BCUT2D eigenvalue weighted by molar-refractivity contribution is 0.0560. The Bertz CT molecular complexity index is 1640. The van der Waals surface area contributed by atoms with Crippen LogP contribution in [0.4, 0.5) is 5.69 Å². The van der Waals surface area contributed by atoms with E-state index in [1.54, 1.807) is 5.56 Å². The quantitative estimate of drug-likeness (QED) is 0.202. The van der Waals surface area contributed by atoms with Gasteiger partial charge in [-0.05, 0) is 109 Å². The summed E-state index contributed by atoms with van der Waals surface area (Å²) in [6, 6.07) is 33.4. The third-order valence-corrected chi connectivity index (χ3v) is 11.8. The van der Waals surface area contributed by atoms with Crippen molar-refractivity contribution in [1.29, 1.82) is 0 Å². The van der Waals surface area contributed by atoms with E-state index in [0.29, 0.717) is 0 Å². The second-order valence-electron chi connectivity index (χ2n) is 14.8. The molecule has 3 aliphatic rings. The number of rotatable bonds is 9. The first-order chi connectivity index (χ1) is 23.3. The third kappa shape index (κ3) is 6.58. The molecule has 48 heavy (non-hydrogen) atoms. The van der Waals surface area contributed by atoms with Gasteiger partial charge in [0.05, 0.1) is 6.10 Å². The van der Waals surface area contributed by atoms with Crippen LogP contribution in [0.1, 0.15) is 83.3 Å². The summed E-state index contributed by atoms with van der Waals surface area (Å²) in [6.45, 7) is 10.2. The Morgan fingerprint density at radius 3 is 2.10 bits per heavy atom. The van der Waals surface area contributed by atoms with Crippen LogP contribution in [0.15, 0.2) is 91.0 Å². The van der Waals surface area contributed by atoms with Gasteiger partial charge in [0.2, 0.25) is 0 Å². The average molecular weight is 643 g/mol. The molecule has 0 spiro atoms. The molecule has 1 fully saturated rings. The van der Waals surface area contributed by atoms with Crippen molar-refractivity contribution in [2.45, 2.75) is 83.1 Å². The van der Waals surface area contributed by atoms with Crippen LogP contribution in [0.3, 0.4) is 0 Å². The molecule has 0 radical (unpaired) electrons. The molecule has 1 heterocycles. The normalized spacial score (nSPS) is 23.5. The number of aliphatic hydroxyl groups excluding tert-OH is 1. The number of fused-ring (bicyclic) bond motifs is 2. The Morgan fingerprint density at radius 1 is 0.812 bits per heavy atom. The van der Waals surface area contributed by atoms with Gasteiger partial charge >= 0.3 is 0 Å². The fraction of sp³-hybridized carbons (Fsp3) is 0.442. The van der Waals surface area contributed by atoms with Gasteiger partial charge in [-0.2, -0.15) is 0 Å². The molecule has 4 aromatic carbocycles. The summed E-state index contributed by atoms with van der Waals surface area (Å²) in [5.74, 6) is 0.264. The number of likely N-dealkylation sites (N-methyl/N-ethyl adjacent to an activating group) is 1. The molecule has 252 valence electrons. The topological polar surface area (TPSA) is 56.0 Å². The molecule has 4 atom stereocenters. The lowest BCUT2D eigenvalue weighted by Gasteiger charge is -2.51. The summed E-state index contributed by atoms with van der Waals surface area (Å²) in [5, 5.41) is 10.9. The standard InChI is InChI=1S/C43H54N4O/c1-4-34-18-21-41(46-26-24-45(3)25-27-46)39-28-43(44,23-22-36(34)39)40-20-19-37-35(31(2)48)16-11-17-38(37)42(40)47(29-32-12-7-5-8-13-32)30-33-14-9-6-10-15-33/h5-18,21,31,40,42,48H,4,19-20,22-30,44H2,1-3H3/t31-,40?,42?,43-/m1/s1. The van der Waals surface area contributed by atoms with Crippen LogP contribution >= 0.6 is 0 Å². The molecular formula is C43H54N4O. The molecule has 3 N–H and O–H groups in total. The zero-order valence-corrected chi connectivity index (χ0v) is 29.2. The monoisotopic (exact) mass is 642 g/mol. The molecule has 5 heteroatoms. The SMILES string of the molecule is CCc1ccc(N2CCN(C)CC2)c2c1CC[C@](N)(C1CCc3c(cccc3[C@@H](C)O)C1N(Cc1ccccc1)Cc1ccccc1)C2. The van der Waals surface area contributed by atoms with Gasteiger partial charge < -0.3 is 20.6 Å². The van der Waals surface area contributed by atoms with Gasteiger partial charge in [-0.25, -0.2) is 0 Å². The minimum Gasteiger partial charge on any atom is -0.389 e. The fourth-order valence-electron chi connectivity index (χ4n) is 9.20. The Balaban J connectivity index is 1.33. The van der Waals surface area contributed by atoms with Crippen molar-refractivity contribution in [1.82, 2.24) is 9.80 Å². The van der Waals surface area contributed by atoms with Gasteiger partial charge in [0.25, 0.3) is 0 Å². The summed E-state index contributed by atoms with van der Waals surface area (Å²) in [4.78, 5) is 7.77. The first-order valence-electron chi connectivity index (χ1n) is 18.3. The highest BCUT2D eigenvalue weighted by atomic mass is 16.3. The predicted octanol–water partition coefficient (Wildman–Crippen LogP) is 7.25. The van der Waals surface area contributed by atoms with Crippen LogP contribution in [0.2, 0.25) is 0 Å². The van der Waals surface area contributed by atoms with Gasteiger partial charge in [-0.15, -0.1) is 0 Å². The highest BCUT2D eigenvalue weighted by Gasteiger charge is 2.47. The Hall–Kier alpha value is -3.48. The Kier molecular flexibility index (Phi) is 9.75. The van der Waals surface area contributed by atoms with Gasteiger partial charge in [0, 0.05) is 56.5 Å². The summed E-state index contributed by atoms with van der Waals surface area (Å²) >= 11 is 0. The number of hydrogen-bond donors (Lipinski definition) is 2. The van der Waals surface area contributed by atoms with Crippen molar-refractivity contribution in [3.63, 3.8) is 0 Å². The highest BCUT2D eigenvalue weighted by Crippen LogP contribution is 2.50. The van der Waals surface area contributed by atoms with Gasteiger partial charge in [-0.3, -0.25) is 4.90 Å². The van der Waals surface area contributed by atoms with E-state index in [4.69, 9.17) is 5.73 Å². The molecule has 4 aromatic rings. The molecule has 0 aromatic heterocycles.